The van der Waals surface area contributed by atoms with Crippen LogP contribution in [0.2, 0.25) is 0 Å². The Labute approximate surface area is 69.4 Å². The lowest BCUT2D eigenvalue weighted by Gasteiger charge is -2.05. The summed E-state index contributed by atoms with van der Waals surface area (Å²) >= 11 is 0. The van der Waals surface area contributed by atoms with E-state index >= 15 is 0 Å². The van der Waals surface area contributed by atoms with E-state index in [2.05, 4.69) is 0 Å². The molecule has 0 bridgehead atoms. The molecule has 0 aromatic carbocycles. The molecule has 0 aliphatic heterocycles. The second kappa shape index (κ2) is 2.02. The monoisotopic (exact) mass is 150 g/mol. The van der Waals surface area contributed by atoms with E-state index in [-0.39, 0.29) is 0 Å². The summed E-state index contributed by atoms with van der Waals surface area (Å²) in [5.41, 5.74) is 0.977. The summed E-state index contributed by atoms with van der Waals surface area (Å²) in [6.07, 6.45) is 12.5. The van der Waals surface area contributed by atoms with Crippen molar-refractivity contribution in [2.45, 2.75) is 51.4 Å². The molecule has 0 radical (unpaired) electrons. The first kappa shape index (κ1) is 6.51. The smallest absolute Gasteiger partial charge is 0.0235 e. The molecule has 62 valence electrons. The van der Waals surface area contributed by atoms with E-state index in [0.717, 1.165) is 5.41 Å². The van der Waals surface area contributed by atoms with Crippen molar-refractivity contribution in [1.82, 2.24) is 0 Å². The molecule has 0 amide bonds. The maximum absolute atomic E-state index is 1.60. The zero-order valence-corrected chi connectivity index (χ0v) is 7.31. The van der Waals surface area contributed by atoms with Crippen LogP contribution in [0.25, 0.3) is 0 Å². The van der Waals surface area contributed by atoms with Crippen LogP contribution in [0.15, 0.2) is 0 Å². The summed E-state index contributed by atoms with van der Waals surface area (Å²) in [4.78, 5) is 0. The molecule has 1 spiro atoms. The highest BCUT2D eigenvalue weighted by molar-refractivity contribution is 5.18. The zero-order valence-electron chi connectivity index (χ0n) is 7.31. The highest BCUT2D eigenvalue weighted by Gasteiger charge is 2.69. The average molecular weight is 150 g/mol. The third-order valence-electron chi connectivity index (χ3n) is 4.46. The lowest BCUT2D eigenvalue weighted by atomic mass is 10.0. The molecule has 3 fully saturated rings. The van der Waals surface area contributed by atoms with Gasteiger partial charge >= 0.3 is 0 Å². The molecule has 0 aromatic heterocycles. The van der Waals surface area contributed by atoms with Crippen LogP contribution in [-0.2, 0) is 0 Å². The summed E-state index contributed by atoms with van der Waals surface area (Å²) in [5, 5.41) is 0. The van der Waals surface area contributed by atoms with Gasteiger partial charge in [0, 0.05) is 0 Å². The number of fused-ring (bicyclic) bond motifs is 3. The largest absolute Gasteiger partial charge is 0.0533 e. The minimum atomic E-state index is 0.977. The van der Waals surface area contributed by atoms with E-state index in [1.54, 1.807) is 38.5 Å². The van der Waals surface area contributed by atoms with Gasteiger partial charge in [0.2, 0.25) is 0 Å². The van der Waals surface area contributed by atoms with Crippen LogP contribution < -0.4 is 0 Å². The van der Waals surface area contributed by atoms with Gasteiger partial charge in [-0.15, -0.1) is 0 Å². The summed E-state index contributed by atoms with van der Waals surface area (Å²) in [5.74, 6) is 2.42. The molecule has 0 nitrogen and oxygen atoms in total. The van der Waals surface area contributed by atoms with Crippen LogP contribution in [0, 0.1) is 17.3 Å². The van der Waals surface area contributed by atoms with Gasteiger partial charge < -0.3 is 0 Å². The number of hydrogen-bond acceptors (Lipinski definition) is 0. The minimum absolute atomic E-state index is 0.977. The molecule has 0 heterocycles. The number of hydrogen-bond donors (Lipinski definition) is 0. The fraction of sp³-hybridized carbons (Fsp3) is 1.00. The van der Waals surface area contributed by atoms with Gasteiger partial charge in [0.05, 0.1) is 0 Å². The Morgan fingerprint density at radius 3 is 1.73 bits per heavy atom. The first-order chi connectivity index (χ1) is 5.43. The van der Waals surface area contributed by atoms with Gasteiger partial charge in [-0.2, -0.15) is 0 Å². The SMILES string of the molecule is C1CCC[C@H]2[C@@H](CC1)C21CC1. The van der Waals surface area contributed by atoms with Crippen LogP contribution in [0.3, 0.4) is 0 Å². The Morgan fingerprint density at radius 2 is 1.27 bits per heavy atom. The highest BCUT2D eigenvalue weighted by Crippen LogP contribution is 2.77. The van der Waals surface area contributed by atoms with Crippen LogP contribution in [0.5, 0.6) is 0 Å². The average Bonchev–Trinajstić information content (AvgIpc) is 2.76. The van der Waals surface area contributed by atoms with Crippen molar-refractivity contribution in [3.8, 4) is 0 Å². The van der Waals surface area contributed by atoms with Crippen molar-refractivity contribution in [2.24, 2.45) is 17.3 Å². The molecule has 0 N–H and O–H groups in total. The van der Waals surface area contributed by atoms with Gasteiger partial charge in [-0.05, 0) is 42.9 Å². The quantitative estimate of drug-likeness (QED) is 0.496. The van der Waals surface area contributed by atoms with Gasteiger partial charge in [0.25, 0.3) is 0 Å². The van der Waals surface area contributed by atoms with E-state index in [0.29, 0.717) is 0 Å². The summed E-state index contributed by atoms with van der Waals surface area (Å²) < 4.78 is 0. The second-order valence-corrected chi connectivity index (χ2v) is 4.94. The van der Waals surface area contributed by atoms with Crippen LogP contribution in [0.4, 0.5) is 0 Å². The normalized spacial score (nSPS) is 45.8. The van der Waals surface area contributed by atoms with E-state index in [9.17, 15) is 0 Å². The van der Waals surface area contributed by atoms with Crippen molar-refractivity contribution in [3.05, 3.63) is 0 Å². The highest BCUT2D eigenvalue weighted by atomic mass is 14.7. The fourth-order valence-electron chi connectivity index (χ4n) is 3.62. The van der Waals surface area contributed by atoms with Crippen molar-refractivity contribution in [3.63, 3.8) is 0 Å². The first-order valence-electron chi connectivity index (χ1n) is 5.43. The fourth-order valence-corrected chi connectivity index (χ4v) is 3.62. The molecule has 2 atom stereocenters. The standard InChI is InChI=1S/C11H18/c1-2-4-6-10-9(5-3-1)11(10)7-8-11/h9-10H,1-8H2/t9-,10+. The van der Waals surface area contributed by atoms with Gasteiger partial charge in [0.15, 0.2) is 0 Å². The maximum Gasteiger partial charge on any atom is -0.0235 e. The van der Waals surface area contributed by atoms with Crippen molar-refractivity contribution in [2.75, 3.05) is 0 Å². The molecule has 0 saturated heterocycles. The van der Waals surface area contributed by atoms with Crippen LogP contribution in [-0.4, -0.2) is 0 Å². The molecule has 0 aromatic rings. The van der Waals surface area contributed by atoms with Crippen molar-refractivity contribution < 1.29 is 0 Å². The third-order valence-corrected chi connectivity index (χ3v) is 4.46. The van der Waals surface area contributed by atoms with Crippen molar-refractivity contribution in [1.29, 1.82) is 0 Å². The Balaban J connectivity index is 1.70. The Kier molecular flexibility index (Phi) is 1.20. The first-order valence-corrected chi connectivity index (χ1v) is 5.43. The molecule has 3 saturated carbocycles. The summed E-state index contributed by atoms with van der Waals surface area (Å²) in [6.45, 7) is 0. The Hall–Kier alpha value is 0. The van der Waals surface area contributed by atoms with Gasteiger partial charge in [-0.1, -0.05) is 25.7 Å². The molecule has 11 heavy (non-hydrogen) atoms. The van der Waals surface area contributed by atoms with Gasteiger partial charge in [-0.25, -0.2) is 0 Å². The van der Waals surface area contributed by atoms with E-state index in [1.807, 2.05) is 0 Å². The van der Waals surface area contributed by atoms with E-state index < -0.39 is 0 Å². The molecule has 3 aliphatic rings. The Bertz CT molecular complexity index is 151. The lowest BCUT2D eigenvalue weighted by Crippen LogP contribution is -1.90. The minimum Gasteiger partial charge on any atom is -0.0533 e. The molecular weight excluding hydrogens is 132 g/mol. The van der Waals surface area contributed by atoms with Crippen LogP contribution >= 0.6 is 0 Å². The molecule has 3 rings (SSSR count). The van der Waals surface area contributed by atoms with Crippen molar-refractivity contribution >= 4 is 0 Å². The number of rotatable bonds is 0. The van der Waals surface area contributed by atoms with E-state index in [1.165, 1.54) is 24.7 Å². The molecule has 0 unspecified atom stereocenters. The second-order valence-electron chi connectivity index (χ2n) is 4.94. The van der Waals surface area contributed by atoms with Gasteiger partial charge in [-0.3, -0.25) is 0 Å². The lowest BCUT2D eigenvalue weighted by molar-refractivity contribution is 0.485. The predicted octanol–water partition coefficient (Wildman–Crippen LogP) is 3.37. The third kappa shape index (κ3) is 0.816. The maximum atomic E-state index is 1.60. The zero-order chi connectivity index (χ0) is 7.31. The predicted molar refractivity (Wildman–Crippen MR) is 46.3 cm³/mol. The topological polar surface area (TPSA) is 0 Å². The van der Waals surface area contributed by atoms with Crippen LogP contribution in [0.1, 0.15) is 51.4 Å². The Morgan fingerprint density at radius 1 is 0.727 bits per heavy atom. The molecule has 0 heteroatoms. The summed E-state index contributed by atoms with van der Waals surface area (Å²) in [6, 6.07) is 0. The molecule has 3 aliphatic carbocycles. The summed E-state index contributed by atoms with van der Waals surface area (Å²) in [7, 11) is 0. The molecular formula is C11H18. The van der Waals surface area contributed by atoms with E-state index in [4.69, 9.17) is 0 Å². The van der Waals surface area contributed by atoms with Gasteiger partial charge in [0.1, 0.15) is 0 Å².